The van der Waals surface area contributed by atoms with Crippen LogP contribution in [0, 0.1) is 6.92 Å². The molecule has 0 unspecified atom stereocenters. The van der Waals surface area contributed by atoms with Crippen LogP contribution in [0.1, 0.15) is 20.3 Å². The summed E-state index contributed by atoms with van der Waals surface area (Å²) in [6.07, 6.45) is 1.01. The van der Waals surface area contributed by atoms with Gasteiger partial charge in [0.05, 0.1) is 0 Å². The predicted octanol–water partition coefficient (Wildman–Crippen LogP) is 1.14. The van der Waals surface area contributed by atoms with Crippen LogP contribution in [0.3, 0.4) is 0 Å². The molecule has 1 radical (unpaired) electrons. The first-order valence-corrected chi connectivity index (χ1v) is 4.57. The van der Waals surface area contributed by atoms with Gasteiger partial charge in [0.25, 0.3) is 0 Å². The van der Waals surface area contributed by atoms with Crippen molar-refractivity contribution in [3.05, 3.63) is 6.92 Å². The molecule has 0 saturated heterocycles. The van der Waals surface area contributed by atoms with Crippen LogP contribution in [-0.2, 0) is 0 Å². The first-order chi connectivity index (χ1) is 5.35. The Morgan fingerprint density at radius 1 is 1.27 bits per heavy atom. The second-order valence-electron chi connectivity index (χ2n) is 2.64. The first-order valence-electron chi connectivity index (χ1n) is 4.57. The number of nitrogens with one attached hydrogen (secondary N) is 1. The van der Waals surface area contributed by atoms with Crippen LogP contribution < -0.4 is 5.32 Å². The zero-order valence-corrected chi connectivity index (χ0v) is 7.90. The molecule has 2 nitrogen and oxygen atoms in total. The third kappa shape index (κ3) is 6.32. The standard InChI is InChI=1S/C9H21N2/c1-4-8-11(6-3)9-7-10-5-2/h10H,1,4-9H2,2-3H3. The highest BCUT2D eigenvalue weighted by Gasteiger charge is 1.97. The van der Waals surface area contributed by atoms with E-state index in [2.05, 4.69) is 31.0 Å². The maximum atomic E-state index is 3.84. The highest BCUT2D eigenvalue weighted by atomic mass is 15.1. The van der Waals surface area contributed by atoms with Crippen LogP contribution in [0.2, 0.25) is 0 Å². The lowest BCUT2D eigenvalue weighted by molar-refractivity contribution is 0.293. The van der Waals surface area contributed by atoms with Gasteiger partial charge in [-0.1, -0.05) is 20.8 Å². The molecule has 0 amide bonds. The minimum atomic E-state index is 1.01. The monoisotopic (exact) mass is 157 g/mol. The van der Waals surface area contributed by atoms with Gasteiger partial charge in [-0.25, -0.2) is 0 Å². The molecule has 11 heavy (non-hydrogen) atoms. The lowest BCUT2D eigenvalue weighted by Gasteiger charge is -2.19. The lowest BCUT2D eigenvalue weighted by atomic mass is 10.4. The summed E-state index contributed by atoms with van der Waals surface area (Å²) >= 11 is 0. The number of nitrogens with zero attached hydrogens (tertiary/aromatic N) is 1. The highest BCUT2D eigenvalue weighted by molar-refractivity contribution is 4.57. The molecule has 1 N–H and O–H groups in total. The zero-order valence-electron chi connectivity index (χ0n) is 7.90. The molecule has 0 aromatic rings. The summed E-state index contributed by atoms with van der Waals surface area (Å²) in [6, 6.07) is 0. The van der Waals surface area contributed by atoms with Crippen LogP contribution in [0.5, 0.6) is 0 Å². The minimum Gasteiger partial charge on any atom is -0.316 e. The summed E-state index contributed by atoms with van der Waals surface area (Å²) in [7, 11) is 0. The molecule has 2 heteroatoms. The molecule has 0 fully saturated rings. The van der Waals surface area contributed by atoms with E-state index in [9.17, 15) is 0 Å². The van der Waals surface area contributed by atoms with Gasteiger partial charge < -0.3 is 10.2 Å². The molecule has 0 aliphatic rings. The molecule has 0 aromatic heterocycles. The van der Waals surface area contributed by atoms with Crippen molar-refractivity contribution in [2.24, 2.45) is 0 Å². The molecular formula is C9H21N2. The van der Waals surface area contributed by atoms with Gasteiger partial charge >= 0.3 is 0 Å². The number of rotatable bonds is 7. The summed E-state index contributed by atoms with van der Waals surface area (Å²) in [5.74, 6) is 0. The number of likely N-dealkylation sites (N-methyl/N-ethyl adjacent to an activating group) is 2. The summed E-state index contributed by atoms with van der Waals surface area (Å²) in [5.41, 5.74) is 0. The fourth-order valence-electron chi connectivity index (χ4n) is 1.07. The van der Waals surface area contributed by atoms with E-state index in [1.54, 1.807) is 0 Å². The number of hydrogen-bond donors (Lipinski definition) is 1. The Hall–Kier alpha value is -0.0800. The van der Waals surface area contributed by atoms with Crippen molar-refractivity contribution in [3.63, 3.8) is 0 Å². The molecule has 0 atom stereocenters. The maximum Gasteiger partial charge on any atom is 0.0107 e. The molecule has 0 spiro atoms. The van der Waals surface area contributed by atoms with Crippen LogP contribution in [0.25, 0.3) is 0 Å². The fourth-order valence-corrected chi connectivity index (χ4v) is 1.07. The molecule has 0 aliphatic heterocycles. The third-order valence-corrected chi connectivity index (χ3v) is 1.78. The average molecular weight is 157 g/mol. The van der Waals surface area contributed by atoms with Crippen LogP contribution in [0.4, 0.5) is 0 Å². The van der Waals surface area contributed by atoms with Crippen LogP contribution >= 0.6 is 0 Å². The molecule has 0 saturated carbocycles. The molecule has 67 valence electrons. The molecule has 0 heterocycles. The van der Waals surface area contributed by atoms with Crippen molar-refractivity contribution in [2.75, 3.05) is 32.7 Å². The van der Waals surface area contributed by atoms with E-state index in [1.165, 1.54) is 0 Å². The quantitative estimate of drug-likeness (QED) is 0.558. The molecular weight excluding hydrogens is 136 g/mol. The molecule has 0 aromatic carbocycles. The van der Waals surface area contributed by atoms with Crippen LogP contribution in [-0.4, -0.2) is 37.6 Å². The summed E-state index contributed by atoms with van der Waals surface area (Å²) in [4.78, 5) is 2.41. The predicted molar refractivity (Wildman–Crippen MR) is 50.6 cm³/mol. The van der Waals surface area contributed by atoms with Gasteiger partial charge in [-0.2, -0.15) is 0 Å². The van der Waals surface area contributed by atoms with Gasteiger partial charge in [0.1, 0.15) is 0 Å². The lowest BCUT2D eigenvalue weighted by Crippen LogP contribution is -2.32. The number of hydrogen-bond acceptors (Lipinski definition) is 2. The van der Waals surface area contributed by atoms with E-state index in [0.717, 1.165) is 39.1 Å². The Kier molecular flexibility index (Phi) is 7.96. The topological polar surface area (TPSA) is 15.3 Å². The summed E-state index contributed by atoms with van der Waals surface area (Å²) in [5, 5.41) is 3.31. The van der Waals surface area contributed by atoms with Gasteiger partial charge in [0.2, 0.25) is 0 Å². The van der Waals surface area contributed by atoms with E-state index in [4.69, 9.17) is 0 Å². The van der Waals surface area contributed by atoms with Gasteiger partial charge in [0, 0.05) is 13.1 Å². The maximum absolute atomic E-state index is 3.84. The van der Waals surface area contributed by atoms with E-state index < -0.39 is 0 Å². The van der Waals surface area contributed by atoms with Crippen molar-refractivity contribution in [1.29, 1.82) is 0 Å². The average Bonchev–Trinajstić information content (AvgIpc) is 2.03. The van der Waals surface area contributed by atoms with Crippen molar-refractivity contribution in [3.8, 4) is 0 Å². The Balaban J connectivity index is 3.20. The van der Waals surface area contributed by atoms with Gasteiger partial charge in [-0.05, 0) is 26.1 Å². The smallest absolute Gasteiger partial charge is 0.0107 e. The SMILES string of the molecule is [CH2]CCN(CC)CCNCC. The zero-order chi connectivity index (χ0) is 8.53. The minimum absolute atomic E-state index is 1.01. The van der Waals surface area contributed by atoms with Crippen molar-refractivity contribution >= 4 is 0 Å². The normalized spacial score (nSPS) is 10.9. The summed E-state index contributed by atoms with van der Waals surface area (Å²) < 4.78 is 0. The second-order valence-corrected chi connectivity index (χ2v) is 2.64. The van der Waals surface area contributed by atoms with E-state index in [0.29, 0.717) is 0 Å². The largest absolute Gasteiger partial charge is 0.316 e. The summed E-state index contributed by atoms with van der Waals surface area (Å²) in [6.45, 7) is 13.8. The van der Waals surface area contributed by atoms with E-state index >= 15 is 0 Å². The fraction of sp³-hybridized carbons (Fsp3) is 0.889. The van der Waals surface area contributed by atoms with Crippen molar-refractivity contribution in [1.82, 2.24) is 10.2 Å². The van der Waals surface area contributed by atoms with E-state index in [1.807, 2.05) is 0 Å². The first kappa shape index (κ1) is 10.9. The van der Waals surface area contributed by atoms with Gasteiger partial charge in [-0.15, -0.1) is 0 Å². The molecule has 0 bridgehead atoms. The van der Waals surface area contributed by atoms with Gasteiger partial charge in [0.15, 0.2) is 0 Å². The van der Waals surface area contributed by atoms with Gasteiger partial charge in [-0.3, -0.25) is 0 Å². The van der Waals surface area contributed by atoms with E-state index in [-0.39, 0.29) is 0 Å². The Morgan fingerprint density at radius 3 is 2.45 bits per heavy atom. The van der Waals surface area contributed by atoms with Crippen molar-refractivity contribution < 1.29 is 0 Å². The second kappa shape index (κ2) is 8.02. The highest BCUT2D eigenvalue weighted by Crippen LogP contribution is 1.88. The Morgan fingerprint density at radius 2 is 2.00 bits per heavy atom. The molecule has 0 rings (SSSR count). The Labute approximate surface area is 71.0 Å². The third-order valence-electron chi connectivity index (χ3n) is 1.78. The Bertz CT molecular complexity index is 74.0. The molecule has 0 aliphatic carbocycles. The van der Waals surface area contributed by atoms with Crippen LogP contribution in [0.15, 0.2) is 0 Å². The van der Waals surface area contributed by atoms with Crippen molar-refractivity contribution in [2.45, 2.75) is 20.3 Å².